The molecule has 12 N–H and O–H groups in total. The lowest BCUT2D eigenvalue weighted by molar-refractivity contribution is -0.116. The van der Waals surface area contributed by atoms with Gasteiger partial charge in [-0.2, -0.15) is 16.8 Å². The number of nitrogens with one attached hydrogen (secondary N) is 3. The molecule has 2 heterocycles. The molecular weight excluding hydrogens is 1130 g/mol. The first-order valence-electron chi connectivity index (χ1n) is 26.2. The number of allylic oxidation sites excluding steroid dienone is 8. The summed E-state index contributed by atoms with van der Waals surface area (Å²) < 4.78 is 86.7. The number of aliphatic imine (C=N–C) groups is 1. The molecular formula is C53H76N8O16S4. The Morgan fingerprint density at radius 3 is 2.05 bits per heavy atom. The predicted octanol–water partition coefficient (Wildman–Crippen LogP) is 3.47. The molecule has 2 aromatic carbocycles. The highest BCUT2D eigenvalue weighted by molar-refractivity contribution is 7.91. The number of aliphatic hydroxyl groups is 5. The van der Waals surface area contributed by atoms with Crippen LogP contribution in [0.25, 0.3) is 0 Å². The van der Waals surface area contributed by atoms with Gasteiger partial charge >= 0.3 is 0 Å². The Hall–Kier alpha value is -5.63. The number of aliphatic hydroxyl groups excluding tert-OH is 5. The molecule has 81 heavy (non-hydrogen) atoms. The first-order chi connectivity index (χ1) is 38.0. The van der Waals surface area contributed by atoms with Crippen LogP contribution in [-0.4, -0.2) is 162 Å². The number of aromatic nitrogens is 2. The van der Waals surface area contributed by atoms with Gasteiger partial charge in [0.15, 0.2) is 0 Å². The van der Waals surface area contributed by atoms with E-state index in [0.717, 1.165) is 41.8 Å². The Morgan fingerprint density at radius 1 is 0.765 bits per heavy atom. The molecule has 1 aliphatic rings. The summed E-state index contributed by atoms with van der Waals surface area (Å²) in [6.45, 7) is 7.51. The van der Waals surface area contributed by atoms with Gasteiger partial charge in [0.1, 0.15) is 18.3 Å². The van der Waals surface area contributed by atoms with Gasteiger partial charge in [0.25, 0.3) is 42.1 Å². The zero-order valence-corrected chi connectivity index (χ0v) is 49.0. The van der Waals surface area contributed by atoms with E-state index in [1.807, 2.05) is 56.9 Å². The number of benzene rings is 2. The molecule has 3 amide bonds. The van der Waals surface area contributed by atoms with Gasteiger partial charge in [0.05, 0.1) is 24.2 Å². The standard InChI is InChI=1S/C53H76N8O16S4/c1-52(2,38-21-19-20-36(32-38)48(68)56-28-14-10-6-9-13-24-45(65)58-50-59-60-51(78-50)81(54,76)77)43(55-27-15-17-30-79(70,71)72)22-11-7-5-8-12-23-44-53(3,4)39-33-37(25-26-40(39)61(44)29-16-18-31-80(73,74)75)49(69)57-34-41(63)46(66)47(67)42(64)35-62/h5,7-8,11-12,19-23,25-26,32-33,41-42,46-47,62-64,66-67H,6,9-10,13-18,24,27-31,34-35H2,1-4H3,(H,56,68)(H,57,69)(H2,54,76,77)(H,58,59,65)(H,70,71,72)(H,73,74,75)/b7-5+,12-8+,22-11+,44-23+,55-43+/t41-,42+,46+,47+/m0/s1. The van der Waals surface area contributed by atoms with Gasteiger partial charge in [0.2, 0.25) is 15.4 Å². The van der Waals surface area contributed by atoms with E-state index in [4.69, 9.17) is 15.2 Å². The Morgan fingerprint density at radius 2 is 1.38 bits per heavy atom. The summed E-state index contributed by atoms with van der Waals surface area (Å²) in [7, 11) is -12.3. The van der Waals surface area contributed by atoms with Crippen LogP contribution in [0.5, 0.6) is 0 Å². The van der Waals surface area contributed by atoms with Crippen molar-refractivity contribution in [2.75, 3.05) is 54.5 Å². The van der Waals surface area contributed by atoms with Crippen molar-refractivity contribution >= 4 is 75.8 Å². The van der Waals surface area contributed by atoms with E-state index in [0.29, 0.717) is 61.4 Å². The van der Waals surface area contributed by atoms with Crippen LogP contribution in [0.3, 0.4) is 0 Å². The number of amides is 3. The number of hydrogen-bond acceptors (Lipinski definition) is 19. The SMILES string of the molecule is CC(C)(C(/C=C/C=C/C=C/C=C1/N(CCCCS(=O)(=O)O)c2ccc(C(=O)NC[C@H](O)[C@@H](O)[C@H](O)[C@H](O)CO)cc2C1(C)C)=N/CCCCS(=O)(=O)O)c1cccc(C(=O)NCCCCCCCC(=O)Nc2nnc(S(N)(=O)=O)s2)c1. The van der Waals surface area contributed by atoms with Gasteiger partial charge in [-0.05, 0) is 92.1 Å². The summed E-state index contributed by atoms with van der Waals surface area (Å²) in [5.41, 5.74) is 2.93. The first kappa shape index (κ1) is 67.9. The number of hydrogen-bond donors (Lipinski definition) is 11. The number of carbonyl (C=O) groups excluding carboxylic acids is 3. The number of sulfonamides is 1. The lowest BCUT2D eigenvalue weighted by Crippen LogP contribution is -2.49. The maximum absolute atomic E-state index is 13.3. The van der Waals surface area contributed by atoms with Crippen LogP contribution < -0.4 is 26.0 Å². The van der Waals surface area contributed by atoms with Crippen LogP contribution in [0, 0.1) is 0 Å². The van der Waals surface area contributed by atoms with E-state index in [9.17, 15) is 69.2 Å². The number of nitrogens with two attached hydrogens (primary N) is 1. The fourth-order valence-electron chi connectivity index (χ4n) is 8.63. The van der Waals surface area contributed by atoms with E-state index in [1.54, 1.807) is 60.7 Å². The van der Waals surface area contributed by atoms with E-state index >= 15 is 0 Å². The number of carbonyl (C=O) groups is 3. The third-order valence-corrected chi connectivity index (χ3v) is 17.0. The molecule has 0 fully saturated rings. The monoisotopic (exact) mass is 1210 g/mol. The lowest BCUT2D eigenvalue weighted by atomic mass is 9.79. The summed E-state index contributed by atoms with van der Waals surface area (Å²) >= 11 is 0.669. The fraction of sp³-hybridized carbons (Fsp3) is 0.509. The molecule has 0 aliphatic carbocycles. The van der Waals surface area contributed by atoms with Crippen LogP contribution in [0.15, 0.2) is 100 Å². The predicted molar refractivity (Wildman–Crippen MR) is 309 cm³/mol. The molecule has 0 radical (unpaired) electrons. The molecule has 0 saturated carbocycles. The van der Waals surface area contributed by atoms with Crippen molar-refractivity contribution in [1.82, 2.24) is 20.8 Å². The molecule has 3 aromatic rings. The molecule has 0 spiro atoms. The van der Waals surface area contributed by atoms with Gasteiger partial charge in [0, 0.05) is 71.7 Å². The van der Waals surface area contributed by atoms with Crippen LogP contribution in [0.2, 0.25) is 0 Å². The molecule has 0 saturated heterocycles. The second kappa shape index (κ2) is 31.1. The molecule has 24 nitrogen and oxygen atoms in total. The minimum absolute atomic E-state index is 0.0454. The third-order valence-electron chi connectivity index (χ3n) is 13.3. The van der Waals surface area contributed by atoms with Crippen LogP contribution >= 0.6 is 11.3 Å². The first-order valence-corrected chi connectivity index (χ1v) is 31.8. The fourth-order valence-corrected chi connectivity index (χ4v) is 11.1. The van der Waals surface area contributed by atoms with Gasteiger partial charge in [-0.3, -0.25) is 28.5 Å². The zero-order valence-electron chi connectivity index (χ0n) is 45.7. The van der Waals surface area contributed by atoms with Crippen molar-refractivity contribution in [2.45, 2.75) is 131 Å². The molecule has 4 atom stereocenters. The smallest absolute Gasteiger partial charge is 0.267 e. The van der Waals surface area contributed by atoms with Crippen LogP contribution in [0.4, 0.5) is 10.8 Å². The largest absolute Gasteiger partial charge is 0.394 e. The molecule has 4 rings (SSSR count). The van der Waals surface area contributed by atoms with E-state index < -0.39 is 100 Å². The number of nitrogens with zero attached hydrogens (tertiary/aromatic N) is 4. The van der Waals surface area contributed by atoms with Crippen molar-refractivity contribution in [2.24, 2.45) is 10.1 Å². The maximum atomic E-state index is 13.3. The zero-order chi connectivity index (χ0) is 60.2. The molecule has 1 aromatic heterocycles. The average molecular weight is 1210 g/mol. The highest BCUT2D eigenvalue weighted by Crippen LogP contribution is 2.48. The Labute approximate surface area is 477 Å². The topological polar surface area (TPSA) is 399 Å². The number of fused-ring (bicyclic) bond motifs is 1. The minimum atomic E-state index is -4.19. The normalized spacial score (nSPS) is 16.3. The second-order valence-corrected chi connectivity index (χ2v) is 26.3. The summed E-state index contributed by atoms with van der Waals surface area (Å²) in [6, 6.07) is 12.2. The van der Waals surface area contributed by atoms with Gasteiger partial charge in [-0.1, -0.05) is 101 Å². The molecule has 448 valence electrons. The number of anilines is 2. The Kier molecular flexibility index (Phi) is 26.1. The lowest BCUT2D eigenvalue weighted by Gasteiger charge is -2.27. The van der Waals surface area contributed by atoms with Crippen molar-refractivity contribution in [3.8, 4) is 0 Å². The average Bonchev–Trinajstić information content (AvgIpc) is 4.06. The van der Waals surface area contributed by atoms with Crippen LogP contribution in [-0.2, 0) is 45.9 Å². The summed E-state index contributed by atoms with van der Waals surface area (Å²) in [4.78, 5) is 45.7. The summed E-state index contributed by atoms with van der Waals surface area (Å²) in [5.74, 6) is -2.01. The van der Waals surface area contributed by atoms with E-state index in [-0.39, 0.29) is 48.3 Å². The summed E-state index contributed by atoms with van der Waals surface area (Å²) in [6.07, 6.45) is 10.6. The number of rotatable bonds is 34. The second-order valence-electron chi connectivity index (χ2n) is 20.4. The van der Waals surface area contributed by atoms with Gasteiger partial charge in [-0.25, -0.2) is 13.6 Å². The third kappa shape index (κ3) is 21.9. The molecule has 0 unspecified atom stereocenters. The molecule has 0 bridgehead atoms. The molecule has 28 heteroatoms. The quantitative estimate of drug-likeness (QED) is 0.0134. The van der Waals surface area contributed by atoms with Crippen LogP contribution in [0.1, 0.15) is 124 Å². The van der Waals surface area contributed by atoms with Crippen molar-refractivity contribution in [3.63, 3.8) is 0 Å². The highest BCUT2D eigenvalue weighted by Gasteiger charge is 2.40. The van der Waals surface area contributed by atoms with E-state index in [2.05, 4.69) is 26.1 Å². The number of primary sulfonamides is 1. The van der Waals surface area contributed by atoms with Crippen molar-refractivity contribution in [1.29, 1.82) is 0 Å². The van der Waals surface area contributed by atoms with E-state index in [1.165, 1.54) is 0 Å². The Balaban J connectivity index is 1.43. The maximum Gasteiger partial charge on any atom is 0.267 e. The van der Waals surface area contributed by atoms with Gasteiger partial charge in [-0.15, -0.1) is 10.2 Å². The number of unbranched alkanes of at least 4 members (excludes halogenated alkanes) is 6. The minimum Gasteiger partial charge on any atom is -0.394 e. The van der Waals surface area contributed by atoms with Crippen molar-refractivity contribution < 1.29 is 74.3 Å². The van der Waals surface area contributed by atoms with Crippen molar-refractivity contribution in [3.05, 3.63) is 113 Å². The Bertz CT molecular complexity index is 3120. The molecule has 1 aliphatic heterocycles. The highest BCUT2D eigenvalue weighted by atomic mass is 32.2. The summed E-state index contributed by atoms with van der Waals surface area (Å²) in [5, 5.41) is 69.4. The van der Waals surface area contributed by atoms with Gasteiger partial charge < -0.3 is 46.4 Å².